The smallest absolute Gasteiger partial charge is 0.274 e. The van der Waals surface area contributed by atoms with Crippen molar-refractivity contribution in [1.82, 2.24) is 19.6 Å². The fourth-order valence-electron chi connectivity index (χ4n) is 2.66. The number of anilines is 1. The molecule has 0 saturated carbocycles. The second-order valence-corrected chi connectivity index (χ2v) is 5.46. The van der Waals surface area contributed by atoms with Gasteiger partial charge >= 0.3 is 0 Å². The number of nitrogen functional groups attached to an aromatic ring is 1. The number of carbonyl (C=O) groups is 1. The average molecular weight is 265 g/mol. The third-order valence-electron chi connectivity index (χ3n) is 3.95. The van der Waals surface area contributed by atoms with Crippen LogP contribution in [0.5, 0.6) is 0 Å². The lowest BCUT2D eigenvalue weighted by atomic mass is 10.0. The van der Waals surface area contributed by atoms with E-state index in [1.165, 1.54) is 0 Å². The Morgan fingerprint density at radius 2 is 1.95 bits per heavy atom. The summed E-state index contributed by atoms with van der Waals surface area (Å²) in [7, 11) is 5.94. The van der Waals surface area contributed by atoms with Crippen LogP contribution in [0.4, 0.5) is 5.69 Å². The molecule has 0 aromatic carbocycles. The van der Waals surface area contributed by atoms with E-state index in [1.807, 2.05) is 11.8 Å². The monoisotopic (exact) mass is 265 g/mol. The van der Waals surface area contributed by atoms with Gasteiger partial charge in [-0.15, -0.1) is 0 Å². The zero-order valence-corrected chi connectivity index (χ0v) is 12.2. The molecule has 1 aromatic rings. The van der Waals surface area contributed by atoms with Gasteiger partial charge in [-0.3, -0.25) is 9.48 Å². The predicted octanol–water partition coefficient (Wildman–Crippen LogP) is 0.477. The first kappa shape index (κ1) is 13.9. The summed E-state index contributed by atoms with van der Waals surface area (Å²) in [5, 5.41) is 4.21. The highest BCUT2D eigenvalue weighted by atomic mass is 16.2. The van der Waals surface area contributed by atoms with Crippen LogP contribution in [-0.4, -0.2) is 58.7 Å². The summed E-state index contributed by atoms with van der Waals surface area (Å²) < 4.78 is 1.59. The number of nitrogens with zero attached hydrogens (tertiary/aromatic N) is 4. The second kappa shape index (κ2) is 5.21. The van der Waals surface area contributed by atoms with Crippen LogP contribution >= 0.6 is 0 Å². The summed E-state index contributed by atoms with van der Waals surface area (Å²) in [6.07, 6.45) is 2.02. The van der Waals surface area contributed by atoms with Gasteiger partial charge in [0.25, 0.3) is 5.91 Å². The lowest BCUT2D eigenvalue weighted by molar-refractivity contribution is 0.0653. The van der Waals surface area contributed by atoms with Gasteiger partial charge in [0.15, 0.2) is 0 Å². The number of piperidine rings is 1. The molecule has 106 valence electrons. The topological polar surface area (TPSA) is 67.4 Å². The van der Waals surface area contributed by atoms with E-state index in [2.05, 4.69) is 24.1 Å². The molecule has 6 heteroatoms. The maximum atomic E-state index is 12.5. The molecule has 1 aliphatic rings. The molecular formula is C13H23N5O. The molecular weight excluding hydrogens is 242 g/mol. The highest BCUT2D eigenvalue weighted by Gasteiger charge is 2.28. The number of hydrogen-bond acceptors (Lipinski definition) is 4. The first-order chi connectivity index (χ1) is 8.91. The minimum Gasteiger partial charge on any atom is -0.395 e. The molecule has 2 N–H and O–H groups in total. The molecule has 1 amide bonds. The number of carbonyl (C=O) groups excluding carboxylic acids is 1. The van der Waals surface area contributed by atoms with Gasteiger partial charge in [0.05, 0.1) is 11.4 Å². The summed E-state index contributed by atoms with van der Waals surface area (Å²) in [6, 6.07) is 0.565. The van der Waals surface area contributed by atoms with E-state index in [0.29, 0.717) is 23.1 Å². The van der Waals surface area contributed by atoms with Gasteiger partial charge in [-0.2, -0.15) is 5.10 Å². The lowest BCUT2D eigenvalue weighted by Crippen LogP contribution is -2.45. The van der Waals surface area contributed by atoms with E-state index in [9.17, 15) is 4.79 Å². The number of aromatic nitrogens is 2. The van der Waals surface area contributed by atoms with Crippen LogP contribution < -0.4 is 5.73 Å². The number of amides is 1. The molecule has 1 saturated heterocycles. The molecule has 0 unspecified atom stereocenters. The van der Waals surface area contributed by atoms with Crippen molar-refractivity contribution in [2.45, 2.75) is 25.8 Å². The number of nitrogens with two attached hydrogens (primary N) is 1. The van der Waals surface area contributed by atoms with E-state index in [1.54, 1.807) is 11.7 Å². The molecule has 1 aromatic heterocycles. The van der Waals surface area contributed by atoms with Crippen LogP contribution in [0.3, 0.4) is 0 Å². The third-order valence-corrected chi connectivity index (χ3v) is 3.95. The van der Waals surface area contributed by atoms with Crippen molar-refractivity contribution in [3.05, 3.63) is 11.4 Å². The van der Waals surface area contributed by atoms with Gasteiger partial charge in [-0.1, -0.05) is 0 Å². The summed E-state index contributed by atoms with van der Waals surface area (Å²) in [5.41, 5.74) is 7.68. The Bertz CT molecular complexity index is 472. The van der Waals surface area contributed by atoms with Crippen molar-refractivity contribution in [1.29, 1.82) is 0 Å². The van der Waals surface area contributed by atoms with Crippen LogP contribution in [0, 0.1) is 6.92 Å². The lowest BCUT2D eigenvalue weighted by Gasteiger charge is -2.35. The fourth-order valence-corrected chi connectivity index (χ4v) is 2.66. The quantitative estimate of drug-likeness (QED) is 0.844. The van der Waals surface area contributed by atoms with Crippen molar-refractivity contribution < 1.29 is 4.79 Å². The zero-order valence-electron chi connectivity index (χ0n) is 12.2. The molecule has 19 heavy (non-hydrogen) atoms. The molecule has 1 aliphatic heterocycles. The summed E-state index contributed by atoms with van der Waals surface area (Å²) >= 11 is 0. The molecule has 0 atom stereocenters. The van der Waals surface area contributed by atoms with Gasteiger partial charge in [0, 0.05) is 26.2 Å². The number of rotatable bonds is 2. The van der Waals surface area contributed by atoms with E-state index >= 15 is 0 Å². The van der Waals surface area contributed by atoms with Gasteiger partial charge in [0.2, 0.25) is 0 Å². The standard InChI is InChI=1S/C13H23N5O/c1-9-11(14)12(17(4)15-9)13(19)18-7-5-10(6-8-18)16(2)3/h10H,5-8,14H2,1-4H3. The molecule has 1 fully saturated rings. The number of aryl methyl sites for hydroxylation is 2. The summed E-state index contributed by atoms with van der Waals surface area (Å²) in [5.74, 6) is -0.00203. The molecule has 0 aliphatic carbocycles. The first-order valence-corrected chi connectivity index (χ1v) is 6.66. The van der Waals surface area contributed by atoms with Crippen LogP contribution in [0.25, 0.3) is 0 Å². The van der Waals surface area contributed by atoms with E-state index in [-0.39, 0.29) is 5.91 Å². The van der Waals surface area contributed by atoms with Gasteiger partial charge in [0.1, 0.15) is 5.69 Å². The minimum absolute atomic E-state index is 0.00203. The van der Waals surface area contributed by atoms with Gasteiger partial charge < -0.3 is 15.5 Å². The van der Waals surface area contributed by atoms with Crippen LogP contribution in [0.1, 0.15) is 29.0 Å². The van der Waals surface area contributed by atoms with Crippen molar-refractivity contribution in [2.24, 2.45) is 7.05 Å². The Morgan fingerprint density at radius 3 is 2.37 bits per heavy atom. The van der Waals surface area contributed by atoms with Crippen molar-refractivity contribution in [3.8, 4) is 0 Å². The third kappa shape index (κ3) is 2.58. The Labute approximate surface area is 114 Å². The number of likely N-dealkylation sites (tertiary alicyclic amines) is 1. The second-order valence-electron chi connectivity index (χ2n) is 5.46. The molecule has 6 nitrogen and oxygen atoms in total. The summed E-state index contributed by atoms with van der Waals surface area (Å²) in [4.78, 5) is 16.6. The molecule has 0 bridgehead atoms. The van der Waals surface area contributed by atoms with Crippen molar-refractivity contribution in [3.63, 3.8) is 0 Å². The van der Waals surface area contributed by atoms with Gasteiger partial charge in [-0.25, -0.2) is 0 Å². The Kier molecular flexibility index (Phi) is 3.80. The molecule has 0 radical (unpaired) electrons. The van der Waals surface area contributed by atoms with Crippen molar-refractivity contribution >= 4 is 11.6 Å². The van der Waals surface area contributed by atoms with E-state index < -0.39 is 0 Å². The largest absolute Gasteiger partial charge is 0.395 e. The zero-order chi connectivity index (χ0) is 14.2. The van der Waals surface area contributed by atoms with Crippen molar-refractivity contribution in [2.75, 3.05) is 32.9 Å². The highest BCUT2D eigenvalue weighted by molar-refractivity contribution is 5.98. The van der Waals surface area contributed by atoms with Gasteiger partial charge in [-0.05, 0) is 33.9 Å². The Hall–Kier alpha value is -1.56. The molecule has 2 rings (SSSR count). The maximum absolute atomic E-state index is 12.5. The normalized spacial score (nSPS) is 17.2. The van der Waals surface area contributed by atoms with E-state index in [4.69, 9.17) is 5.73 Å². The van der Waals surface area contributed by atoms with Crippen LogP contribution in [0.15, 0.2) is 0 Å². The highest BCUT2D eigenvalue weighted by Crippen LogP contribution is 2.21. The molecule has 0 spiro atoms. The van der Waals surface area contributed by atoms with Crippen LogP contribution in [0.2, 0.25) is 0 Å². The minimum atomic E-state index is -0.00203. The summed E-state index contributed by atoms with van der Waals surface area (Å²) in [6.45, 7) is 3.39. The predicted molar refractivity (Wildman–Crippen MR) is 75.0 cm³/mol. The maximum Gasteiger partial charge on any atom is 0.274 e. The first-order valence-electron chi connectivity index (χ1n) is 6.66. The SMILES string of the molecule is Cc1nn(C)c(C(=O)N2CCC(N(C)C)CC2)c1N. The number of hydrogen-bond donors (Lipinski definition) is 1. The Balaban J connectivity index is 2.10. The Morgan fingerprint density at radius 1 is 1.37 bits per heavy atom. The van der Waals surface area contributed by atoms with E-state index in [0.717, 1.165) is 25.9 Å². The fraction of sp³-hybridized carbons (Fsp3) is 0.692. The van der Waals surface area contributed by atoms with Crippen LogP contribution in [-0.2, 0) is 7.05 Å². The molecule has 2 heterocycles. The average Bonchev–Trinajstić information content (AvgIpc) is 2.62.